The molecule has 0 radical (unpaired) electrons. The fourth-order valence-corrected chi connectivity index (χ4v) is 1.45. The summed E-state index contributed by atoms with van der Waals surface area (Å²) in [5.74, 6) is 0. The van der Waals surface area contributed by atoms with E-state index in [0.717, 1.165) is 5.69 Å². The molecule has 0 aliphatic carbocycles. The molecule has 1 rings (SSSR count). The minimum atomic E-state index is -2.34. The van der Waals surface area contributed by atoms with Gasteiger partial charge in [0, 0.05) is 12.7 Å². The molecule has 0 spiro atoms. The van der Waals surface area contributed by atoms with Crippen LogP contribution in [0.4, 0.5) is 5.69 Å². The average Bonchev–Trinajstić information content (AvgIpc) is 2.05. The molecular formula is C8H10NO2P. The third-order valence-corrected chi connectivity index (χ3v) is 2.18. The summed E-state index contributed by atoms with van der Waals surface area (Å²) in [6.45, 7) is 0. The van der Waals surface area contributed by atoms with Crippen LogP contribution in [0, 0.1) is 0 Å². The van der Waals surface area contributed by atoms with Gasteiger partial charge in [-0.05, 0) is 12.1 Å². The predicted molar refractivity (Wildman–Crippen MR) is 48.0 cm³/mol. The van der Waals surface area contributed by atoms with E-state index in [1.54, 1.807) is 11.9 Å². The van der Waals surface area contributed by atoms with Gasteiger partial charge in [-0.25, -0.2) is 9.13 Å². The van der Waals surface area contributed by atoms with Crippen LogP contribution in [0.25, 0.3) is 0 Å². The first-order valence-corrected chi connectivity index (χ1v) is 4.94. The summed E-state index contributed by atoms with van der Waals surface area (Å²) in [7, 11) is -0.587. The van der Waals surface area contributed by atoms with Gasteiger partial charge in [0.2, 0.25) is 0 Å². The Hall–Kier alpha value is -1.08. The summed E-state index contributed by atoms with van der Waals surface area (Å²) >= 11 is 0. The summed E-state index contributed by atoms with van der Waals surface area (Å²) in [4.78, 5) is 1.69. The van der Waals surface area contributed by atoms with Gasteiger partial charge >= 0.3 is 7.68 Å². The second-order valence-electron chi connectivity index (χ2n) is 2.51. The van der Waals surface area contributed by atoms with E-state index >= 15 is 0 Å². The quantitative estimate of drug-likeness (QED) is 0.674. The molecule has 4 heteroatoms. The highest BCUT2D eigenvalue weighted by atomic mass is 31.1. The number of rotatable bonds is 3. The Morgan fingerprint density at radius 2 is 1.83 bits per heavy atom. The SMILES string of the molecule is CN(CP(=O)=O)c1ccccc1. The van der Waals surface area contributed by atoms with Gasteiger partial charge in [0.1, 0.15) is 6.29 Å². The van der Waals surface area contributed by atoms with Gasteiger partial charge in [-0.1, -0.05) is 18.2 Å². The number of benzene rings is 1. The van der Waals surface area contributed by atoms with Gasteiger partial charge < -0.3 is 4.90 Å². The van der Waals surface area contributed by atoms with Crippen molar-refractivity contribution in [3.05, 3.63) is 30.3 Å². The second-order valence-corrected chi connectivity index (χ2v) is 3.46. The lowest BCUT2D eigenvalue weighted by atomic mass is 10.3. The maximum absolute atomic E-state index is 10.4. The molecule has 0 aromatic heterocycles. The smallest absolute Gasteiger partial charge is 0.335 e. The zero-order valence-corrected chi connectivity index (χ0v) is 7.70. The average molecular weight is 183 g/mol. The first-order chi connectivity index (χ1) is 5.70. The molecular weight excluding hydrogens is 173 g/mol. The van der Waals surface area contributed by atoms with Crippen molar-refractivity contribution in [3.8, 4) is 0 Å². The van der Waals surface area contributed by atoms with Crippen molar-refractivity contribution in [2.24, 2.45) is 0 Å². The zero-order chi connectivity index (χ0) is 8.97. The standard InChI is InChI=1S/C8H10NO2P/c1-9(7-12(10)11)8-5-3-2-4-6-8/h2-6H,7H2,1H3. The molecule has 0 unspecified atom stereocenters. The maximum Gasteiger partial charge on any atom is 0.335 e. The molecule has 0 atom stereocenters. The van der Waals surface area contributed by atoms with Crippen LogP contribution < -0.4 is 4.90 Å². The van der Waals surface area contributed by atoms with E-state index in [1.165, 1.54) is 0 Å². The van der Waals surface area contributed by atoms with Gasteiger partial charge in [0.05, 0.1) is 0 Å². The molecule has 0 amide bonds. The maximum atomic E-state index is 10.4. The number of nitrogens with zero attached hydrogens (tertiary/aromatic N) is 1. The molecule has 64 valence electrons. The van der Waals surface area contributed by atoms with Crippen LogP contribution in [0.1, 0.15) is 0 Å². The Bertz CT molecular complexity index is 300. The molecule has 0 saturated heterocycles. The lowest BCUT2D eigenvalue weighted by Crippen LogP contribution is -2.14. The number of anilines is 1. The third-order valence-electron chi connectivity index (χ3n) is 1.52. The molecule has 0 bridgehead atoms. The van der Waals surface area contributed by atoms with Crippen molar-refractivity contribution < 1.29 is 9.13 Å². The third kappa shape index (κ3) is 2.51. The Morgan fingerprint density at radius 3 is 2.33 bits per heavy atom. The molecule has 0 fully saturated rings. The summed E-state index contributed by atoms with van der Waals surface area (Å²) in [6.07, 6.45) is 0.0688. The summed E-state index contributed by atoms with van der Waals surface area (Å²) in [5.41, 5.74) is 0.914. The molecule has 3 nitrogen and oxygen atoms in total. The number of hydrogen-bond acceptors (Lipinski definition) is 3. The first-order valence-electron chi connectivity index (χ1n) is 3.58. The minimum absolute atomic E-state index is 0.0688. The van der Waals surface area contributed by atoms with Crippen LogP contribution in [-0.4, -0.2) is 13.3 Å². The Kier molecular flexibility index (Phi) is 3.06. The molecule has 0 aliphatic rings. The zero-order valence-electron chi connectivity index (χ0n) is 6.80. The lowest BCUT2D eigenvalue weighted by Gasteiger charge is -2.13. The van der Waals surface area contributed by atoms with E-state index in [9.17, 15) is 9.13 Å². The Morgan fingerprint density at radius 1 is 1.25 bits per heavy atom. The minimum Gasteiger partial charge on any atom is -0.361 e. The van der Waals surface area contributed by atoms with Crippen molar-refractivity contribution in [1.29, 1.82) is 0 Å². The van der Waals surface area contributed by atoms with Crippen LogP contribution in [-0.2, 0) is 9.13 Å². The highest BCUT2D eigenvalue weighted by molar-refractivity contribution is 7.30. The fraction of sp³-hybridized carbons (Fsp3) is 0.250. The van der Waals surface area contributed by atoms with E-state index in [1.807, 2.05) is 30.3 Å². The van der Waals surface area contributed by atoms with Crippen LogP contribution >= 0.6 is 7.68 Å². The predicted octanol–water partition coefficient (Wildman–Crippen LogP) is 2.25. The van der Waals surface area contributed by atoms with Crippen molar-refractivity contribution in [2.75, 3.05) is 18.2 Å². The second kappa shape index (κ2) is 4.07. The van der Waals surface area contributed by atoms with Gasteiger partial charge in [-0.15, -0.1) is 0 Å². The van der Waals surface area contributed by atoms with E-state index in [0.29, 0.717) is 0 Å². The normalized spacial score (nSPS) is 9.42. The molecule has 0 saturated carbocycles. The largest absolute Gasteiger partial charge is 0.361 e. The van der Waals surface area contributed by atoms with Crippen LogP contribution in [0.5, 0.6) is 0 Å². The lowest BCUT2D eigenvalue weighted by molar-refractivity contribution is 0.515. The van der Waals surface area contributed by atoms with Gasteiger partial charge in [-0.3, -0.25) is 0 Å². The molecule has 1 aromatic carbocycles. The molecule has 0 aliphatic heterocycles. The molecule has 1 aromatic rings. The monoisotopic (exact) mass is 183 g/mol. The highest BCUT2D eigenvalue weighted by Gasteiger charge is 2.00. The van der Waals surface area contributed by atoms with Gasteiger partial charge in [0.15, 0.2) is 0 Å². The van der Waals surface area contributed by atoms with Crippen LogP contribution in [0.15, 0.2) is 30.3 Å². The number of hydrogen-bond donors (Lipinski definition) is 0. The summed E-state index contributed by atoms with van der Waals surface area (Å²) in [6, 6.07) is 9.40. The van der Waals surface area contributed by atoms with Crippen molar-refractivity contribution in [2.45, 2.75) is 0 Å². The highest BCUT2D eigenvalue weighted by Crippen LogP contribution is 2.15. The van der Waals surface area contributed by atoms with E-state index in [-0.39, 0.29) is 6.29 Å². The molecule has 12 heavy (non-hydrogen) atoms. The van der Waals surface area contributed by atoms with E-state index < -0.39 is 7.68 Å². The summed E-state index contributed by atoms with van der Waals surface area (Å²) < 4.78 is 20.8. The number of para-hydroxylation sites is 1. The van der Waals surface area contributed by atoms with E-state index in [2.05, 4.69) is 0 Å². The van der Waals surface area contributed by atoms with E-state index in [4.69, 9.17) is 0 Å². The van der Waals surface area contributed by atoms with Crippen LogP contribution in [0.3, 0.4) is 0 Å². The van der Waals surface area contributed by atoms with Crippen molar-refractivity contribution in [1.82, 2.24) is 0 Å². The van der Waals surface area contributed by atoms with Gasteiger partial charge in [0.25, 0.3) is 0 Å². The summed E-state index contributed by atoms with van der Waals surface area (Å²) in [5, 5.41) is 0. The molecule has 0 N–H and O–H groups in total. The topological polar surface area (TPSA) is 37.4 Å². The Labute approximate surface area is 71.8 Å². The Balaban J connectivity index is 2.71. The van der Waals surface area contributed by atoms with Crippen LogP contribution in [0.2, 0.25) is 0 Å². The van der Waals surface area contributed by atoms with Crippen molar-refractivity contribution >= 4 is 13.4 Å². The molecule has 0 heterocycles. The fourth-order valence-electron chi connectivity index (χ4n) is 0.937. The van der Waals surface area contributed by atoms with Crippen molar-refractivity contribution in [3.63, 3.8) is 0 Å². The first kappa shape index (κ1) is 9.01. The van der Waals surface area contributed by atoms with Gasteiger partial charge in [-0.2, -0.15) is 0 Å².